The van der Waals surface area contributed by atoms with Crippen molar-refractivity contribution in [3.63, 3.8) is 0 Å². The highest BCUT2D eigenvalue weighted by atomic mass is 16.5. The first-order chi connectivity index (χ1) is 9.06. The molecule has 0 aromatic carbocycles. The maximum absolute atomic E-state index is 11.6. The zero-order valence-corrected chi connectivity index (χ0v) is 11.4. The lowest BCUT2D eigenvalue weighted by Crippen LogP contribution is -2.37. The quantitative estimate of drug-likeness (QED) is 0.340. The molecule has 106 valence electrons. The highest BCUT2D eigenvalue weighted by molar-refractivity contribution is 5.80. The van der Waals surface area contributed by atoms with Gasteiger partial charge in [-0.25, -0.2) is 15.8 Å². The lowest BCUT2D eigenvalue weighted by atomic mass is 10.4. The summed E-state index contributed by atoms with van der Waals surface area (Å²) in [5.74, 6) is 6.94. The summed E-state index contributed by atoms with van der Waals surface area (Å²) in [6.45, 7) is 2.94. The van der Waals surface area contributed by atoms with Crippen molar-refractivity contribution >= 4 is 17.5 Å². The molecule has 1 rings (SSSR count). The molecule has 0 aliphatic heterocycles. The fourth-order valence-corrected chi connectivity index (χ4v) is 1.47. The average Bonchev–Trinajstić information content (AvgIpc) is 2.38. The Labute approximate surface area is 112 Å². The number of ether oxygens (including phenoxy) is 1. The number of aromatic nitrogens is 2. The second kappa shape index (κ2) is 7.49. The van der Waals surface area contributed by atoms with E-state index in [4.69, 9.17) is 10.6 Å². The molecule has 0 atom stereocenters. The summed E-state index contributed by atoms with van der Waals surface area (Å²) in [5, 5.41) is 2.74. The molecule has 0 bridgehead atoms. The Bertz CT molecular complexity index is 426. The molecule has 19 heavy (non-hydrogen) atoms. The summed E-state index contributed by atoms with van der Waals surface area (Å²) < 4.78 is 4.86. The number of carbonyl (C=O) groups is 1. The van der Waals surface area contributed by atoms with Gasteiger partial charge in [0.1, 0.15) is 17.5 Å². The molecule has 1 amide bonds. The van der Waals surface area contributed by atoms with E-state index in [9.17, 15) is 4.79 Å². The molecule has 0 saturated carbocycles. The molecule has 0 aliphatic rings. The SMILES string of the molecule is COCCNC(=O)CN(C)c1cc(NN)nc(C)n1. The minimum absolute atomic E-state index is 0.0990. The zero-order chi connectivity index (χ0) is 14.3. The Morgan fingerprint density at radius 3 is 2.89 bits per heavy atom. The number of amides is 1. The van der Waals surface area contributed by atoms with Crippen LogP contribution in [0.25, 0.3) is 0 Å². The Kier molecular flexibility index (Phi) is 5.97. The van der Waals surface area contributed by atoms with Gasteiger partial charge < -0.3 is 20.4 Å². The van der Waals surface area contributed by atoms with Crippen LogP contribution in [0.4, 0.5) is 11.6 Å². The largest absolute Gasteiger partial charge is 0.383 e. The number of nitrogens with one attached hydrogen (secondary N) is 2. The molecule has 8 heteroatoms. The number of rotatable bonds is 7. The van der Waals surface area contributed by atoms with Gasteiger partial charge in [0.25, 0.3) is 0 Å². The van der Waals surface area contributed by atoms with Gasteiger partial charge in [-0.15, -0.1) is 0 Å². The van der Waals surface area contributed by atoms with Gasteiger partial charge in [0.05, 0.1) is 13.2 Å². The summed E-state index contributed by atoms with van der Waals surface area (Å²) in [6, 6.07) is 1.68. The first kappa shape index (κ1) is 15.1. The highest BCUT2D eigenvalue weighted by Gasteiger charge is 2.10. The normalized spacial score (nSPS) is 10.1. The Balaban J connectivity index is 2.59. The van der Waals surface area contributed by atoms with Gasteiger partial charge >= 0.3 is 0 Å². The van der Waals surface area contributed by atoms with Crippen LogP contribution in [0.2, 0.25) is 0 Å². The van der Waals surface area contributed by atoms with Crippen LogP contribution in [-0.4, -0.2) is 49.7 Å². The number of likely N-dealkylation sites (N-methyl/N-ethyl adjacent to an activating group) is 1. The Morgan fingerprint density at radius 2 is 2.26 bits per heavy atom. The minimum Gasteiger partial charge on any atom is -0.383 e. The maximum Gasteiger partial charge on any atom is 0.239 e. The topological polar surface area (TPSA) is 105 Å². The van der Waals surface area contributed by atoms with Crippen LogP contribution in [0, 0.1) is 6.92 Å². The smallest absolute Gasteiger partial charge is 0.239 e. The summed E-state index contributed by atoms with van der Waals surface area (Å²) in [7, 11) is 3.36. The van der Waals surface area contributed by atoms with E-state index < -0.39 is 0 Å². The molecule has 1 heterocycles. The fourth-order valence-electron chi connectivity index (χ4n) is 1.47. The van der Waals surface area contributed by atoms with E-state index in [1.54, 1.807) is 32.0 Å². The van der Waals surface area contributed by atoms with E-state index in [0.717, 1.165) is 0 Å². The fraction of sp³-hybridized carbons (Fsp3) is 0.545. The zero-order valence-electron chi connectivity index (χ0n) is 11.4. The number of hydrazine groups is 1. The molecule has 4 N–H and O–H groups in total. The number of carbonyl (C=O) groups excluding carboxylic acids is 1. The second-order valence-corrected chi connectivity index (χ2v) is 4.00. The molecular weight excluding hydrogens is 248 g/mol. The van der Waals surface area contributed by atoms with Gasteiger partial charge in [0.15, 0.2) is 0 Å². The van der Waals surface area contributed by atoms with Crippen molar-refractivity contribution in [1.29, 1.82) is 0 Å². The third-order valence-corrected chi connectivity index (χ3v) is 2.37. The number of methoxy groups -OCH3 is 1. The first-order valence-electron chi connectivity index (χ1n) is 5.86. The third-order valence-electron chi connectivity index (χ3n) is 2.37. The lowest BCUT2D eigenvalue weighted by molar-refractivity contribution is -0.119. The molecule has 0 spiro atoms. The summed E-state index contributed by atoms with van der Waals surface area (Å²) in [6.07, 6.45) is 0. The van der Waals surface area contributed by atoms with E-state index >= 15 is 0 Å². The lowest BCUT2D eigenvalue weighted by Gasteiger charge is -2.18. The number of hydrogen-bond acceptors (Lipinski definition) is 7. The first-order valence-corrected chi connectivity index (χ1v) is 5.86. The second-order valence-electron chi connectivity index (χ2n) is 4.00. The van der Waals surface area contributed by atoms with E-state index in [0.29, 0.717) is 30.6 Å². The van der Waals surface area contributed by atoms with Crippen LogP contribution in [0.15, 0.2) is 6.07 Å². The predicted octanol–water partition coefficient (Wildman–Crippen LogP) is -0.731. The molecule has 1 aromatic rings. The van der Waals surface area contributed by atoms with Crippen molar-refractivity contribution in [1.82, 2.24) is 15.3 Å². The monoisotopic (exact) mass is 268 g/mol. The van der Waals surface area contributed by atoms with Crippen LogP contribution in [-0.2, 0) is 9.53 Å². The van der Waals surface area contributed by atoms with Gasteiger partial charge in [-0.2, -0.15) is 0 Å². The molecular formula is C11H20N6O2. The van der Waals surface area contributed by atoms with Crippen molar-refractivity contribution in [2.45, 2.75) is 6.92 Å². The molecule has 1 aromatic heterocycles. The van der Waals surface area contributed by atoms with Gasteiger partial charge in [-0.3, -0.25) is 4.79 Å². The predicted molar refractivity (Wildman–Crippen MR) is 72.7 cm³/mol. The third kappa shape index (κ3) is 5.06. The molecule has 0 aliphatic carbocycles. The van der Waals surface area contributed by atoms with E-state index in [-0.39, 0.29) is 12.5 Å². The van der Waals surface area contributed by atoms with Crippen molar-refractivity contribution in [3.8, 4) is 0 Å². The van der Waals surface area contributed by atoms with Gasteiger partial charge in [-0.05, 0) is 6.92 Å². The summed E-state index contributed by atoms with van der Waals surface area (Å²) >= 11 is 0. The van der Waals surface area contributed by atoms with Crippen molar-refractivity contribution < 1.29 is 9.53 Å². The van der Waals surface area contributed by atoms with E-state index in [2.05, 4.69) is 20.7 Å². The molecule has 0 saturated heterocycles. The Hall–Kier alpha value is -1.93. The van der Waals surface area contributed by atoms with Crippen molar-refractivity contribution in [3.05, 3.63) is 11.9 Å². The number of nitrogens with zero attached hydrogens (tertiary/aromatic N) is 3. The average molecular weight is 268 g/mol. The van der Waals surface area contributed by atoms with Crippen LogP contribution in [0.3, 0.4) is 0 Å². The minimum atomic E-state index is -0.0990. The van der Waals surface area contributed by atoms with Crippen LogP contribution in [0.5, 0.6) is 0 Å². The molecule has 0 radical (unpaired) electrons. The highest BCUT2D eigenvalue weighted by Crippen LogP contribution is 2.13. The van der Waals surface area contributed by atoms with Crippen molar-refractivity contribution in [2.24, 2.45) is 5.84 Å². The van der Waals surface area contributed by atoms with Crippen LogP contribution in [0.1, 0.15) is 5.82 Å². The summed E-state index contributed by atoms with van der Waals surface area (Å²) in [4.78, 5) is 21.7. The van der Waals surface area contributed by atoms with E-state index in [1.807, 2.05) is 0 Å². The number of anilines is 2. The standard InChI is InChI=1S/C11H20N6O2/c1-8-14-9(16-12)6-10(15-8)17(2)7-11(18)13-4-5-19-3/h6H,4-5,7,12H2,1-3H3,(H,13,18)(H,14,15,16). The maximum atomic E-state index is 11.6. The van der Waals surface area contributed by atoms with Gasteiger partial charge in [-0.1, -0.05) is 0 Å². The molecule has 0 unspecified atom stereocenters. The Morgan fingerprint density at radius 1 is 1.53 bits per heavy atom. The van der Waals surface area contributed by atoms with Gasteiger partial charge in [0, 0.05) is 26.8 Å². The molecule has 8 nitrogen and oxygen atoms in total. The number of hydrogen-bond donors (Lipinski definition) is 3. The number of nitrogens with two attached hydrogens (primary N) is 1. The number of aryl methyl sites for hydroxylation is 1. The number of nitrogen functional groups attached to an aromatic ring is 1. The van der Waals surface area contributed by atoms with E-state index in [1.165, 1.54) is 0 Å². The molecule has 0 fully saturated rings. The summed E-state index contributed by atoms with van der Waals surface area (Å²) in [5.41, 5.74) is 2.46. The van der Waals surface area contributed by atoms with Crippen LogP contribution < -0.4 is 21.5 Å². The van der Waals surface area contributed by atoms with Gasteiger partial charge in [0.2, 0.25) is 5.91 Å². The van der Waals surface area contributed by atoms with Crippen LogP contribution >= 0.6 is 0 Å². The van der Waals surface area contributed by atoms with Crippen molar-refractivity contribution in [2.75, 3.05) is 44.2 Å².